The Morgan fingerprint density at radius 2 is 2.07 bits per heavy atom. The van der Waals surface area contributed by atoms with Gasteiger partial charge in [-0.2, -0.15) is 0 Å². The first kappa shape index (κ1) is 10.9. The Balaban J connectivity index is 2.84. The van der Waals surface area contributed by atoms with Crippen LogP contribution in [-0.2, 0) is 0 Å². The zero-order chi connectivity index (χ0) is 10.6. The van der Waals surface area contributed by atoms with Gasteiger partial charge in [0.2, 0.25) is 0 Å². The van der Waals surface area contributed by atoms with Crippen molar-refractivity contribution >= 4 is 18.3 Å². The maximum absolute atomic E-state index is 8.94. The van der Waals surface area contributed by atoms with E-state index < -0.39 is 7.12 Å². The third-order valence-electron chi connectivity index (χ3n) is 1.72. The van der Waals surface area contributed by atoms with Gasteiger partial charge in [0.1, 0.15) is 5.75 Å². The van der Waals surface area contributed by atoms with Gasteiger partial charge in [-0.3, -0.25) is 0 Å². The minimum absolute atomic E-state index is 0.344. The normalized spacial score (nSPS) is 9.93. The van der Waals surface area contributed by atoms with Crippen molar-refractivity contribution < 1.29 is 14.8 Å². The standard InChI is InChI=1S/C9H14BNO3/c1-2-3-14-9-5-7(10(12)13)4-8(11)6-9/h4-6,12-13H,2-3,11H2,1H3. The van der Waals surface area contributed by atoms with E-state index in [9.17, 15) is 0 Å². The molecular weight excluding hydrogens is 181 g/mol. The lowest BCUT2D eigenvalue weighted by atomic mass is 9.80. The lowest BCUT2D eigenvalue weighted by molar-refractivity contribution is 0.317. The molecule has 0 heterocycles. The van der Waals surface area contributed by atoms with Gasteiger partial charge in [0.15, 0.2) is 0 Å². The van der Waals surface area contributed by atoms with Crippen LogP contribution in [0.3, 0.4) is 0 Å². The first-order chi connectivity index (χ1) is 6.63. The van der Waals surface area contributed by atoms with E-state index in [0.717, 1.165) is 6.42 Å². The molecule has 0 amide bonds. The van der Waals surface area contributed by atoms with E-state index in [4.69, 9.17) is 20.5 Å². The van der Waals surface area contributed by atoms with Gasteiger partial charge in [0.25, 0.3) is 0 Å². The van der Waals surface area contributed by atoms with Crippen LogP contribution in [0.15, 0.2) is 18.2 Å². The van der Waals surface area contributed by atoms with Gasteiger partial charge in [-0.1, -0.05) is 6.92 Å². The largest absolute Gasteiger partial charge is 0.494 e. The molecule has 1 rings (SSSR count). The second kappa shape index (κ2) is 4.88. The van der Waals surface area contributed by atoms with Crippen LogP contribution in [0.5, 0.6) is 5.75 Å². The van der Waals surface area contributed by atoms with Crippen LogP contribution >= 0.6 is 0 Å². The molecule has 0 saturated heterocycles. The fourth-order valence-electron chi connectivity index (χ4n) is 1.10. The number of benzene rings is 1. The molecule has 0 aliphatic rings. The molecule has 1 aromatic rings. The Hall–Kier alpha value is -1.20. The van der Waals surface area contributed by atoms with Crippen LogP contribution < -0.4 is 15.9 Å². The van der Waals surface area contributed by atoms with Crippen molar-refractivity contribution in [1.82, 2.24) is 0 Å². The monoisotopic (exact) mass is 195 g/mol. The lowest BCUT2D eigenvalue weighted by Crippen LogP contribution is -2.30. The zero-order valence-electron chi connectivity index (χ0n) is 8.10. The van der Waals surface area contributed by atoms with Gasteiger partial charge in [-0.05, 0) is 24.0 Å². The lowest BCUT2D eigenvalue weighted by Gasteiger charge is -2.08. The third-order valence-corrected chi connectivity index (χ3v) is 1.72. The number of nitrogen functional groups attached to an aromatic ring is 1. The molecule has 0 atom stereocenters. The van der Waals surface area contributed by atoms with Crippen LogP contribution in [0.4, 0.5) is 5.69 Å². The predicted octanol–water partition coefficient (Wildman–Crippen LogP) is -0.263. The van der Waals surface area contributed by atoms with Gasteiger partial charge in [-0.25, -0.2) is 0 Å². The SMILES string of the molecule is CCCOc1cc(N)cc(B(O)O)c1. The molecule has 0 radical (unpaired) electrons. The topological polar surface area (TPSA) is 75.7 Å². The quantitative estimate of drug-likeness (QED) is 0.456. The summed E-state index contributed by atoms with van der Waals surface area (Å²) in [5.74, 6) is 0.565. The number of nitrogens with two attached hydrogens (primary N) is 1. The molecule has 0 bridgehead atoms. The maximum atomic E-state index is 8.94. The Kier molecular flexibility index (Phi) is 3.79. The van der Waals surface area contributed by atoms with E-state index in [1.54, 1.807) is 12.1 Å². The number of anilines is 1. The maximum Gasteiger partial charge on any atom is 0.488 e. The number of hydrogen-bond acceptors (Lipinski definition) is 4. The fourth-order valence-corrected chi connectivity index (χ4v) is 1.10. The zero-order valence-corrected chi connectivity index (χ0v) is 8.10. The van der Waals surface area contributed by atoms with Gasteiger partial charge in [0, 0.05) is 11.8 Å². The molecule has 5 heteroatoms. The predicted molar refractivity (Wildman–Crippen MR) is 56.5 cm³/mol. The molecular formula is C9H14BNO3. The van der Waals surface area contributed by atoms with Gasteiger partial charge >= 0.3 is 7.12 Å². The van der Waals surface area contributed by atoms with Crippen molar-refractivity contribution in [3.63, 3.8) is 0 Å². The molecule has 76 valence electrons. The second-order valence-corrected chi connectivity index (χ2v) is 3.06. The number of ether oxygens (including phenoxy) is 1. The molecule has 1 aromatic carbocycles. The minimum atomic E-state index is -1.51. The third kappa shape index (κ3) is 2.94. The average Bonchev–Trinajstić information content (AvgIpc) is 2.14. The van der Waals surface area contributed by atoms with E-state index in [2.05, 4.69) is 0 Å². The second-order valence-electron chi connectivity index (χ2n) is 3.06. The van der Waals surface area contributed by atoms with Crippen molar-refractivity contribution in [2.24, 2.45) is 0 Å². The molecule has 14 heavy (non-hydrogen) atoms. The van der Waals surface area contributed by atoms with E-state index in [-0.39, 0.29) is 0 Å². The van der Waals surface area contributed by atoms with E-state index in [0.29, 0.717) is 23.5 Å². The smallest absolute Gasteiger partial charge is 0.488 e. The van der Waals surface area contributed by atoms with Gasteiger partial charge in [-0.15, -0.1) is 0 Å². The van der Waals surface area contributed by atoms with Crippen molar-refractivity contribution in [1.29, 1.82) is 0 Å². The van der Waals surface area contributed by atoms with Crippen LogP contribution in [-0.4, -0.2) is 23.8 Å². The highest BCUT2D eigenvalue weighted by atomic mass is 16.5. The molecule has 0 fully saturated rings. The van der Waals surface area contributed by atoms with E-state index in [1.165, 1.54) is 6.07 Å². The summed E-state index contributed by atoms with van der Waals surface area (Å²) in [5.41, 5.74) is 6.37. The van der Waals surface area contributed by atoms with Crippen LogP contribution in [0.25, 0.3) is 0 Å². The highest BCUT2D eigenvalue weighted by Gasteiger charge is 2.12. The van der Waals surface area contributed by atoms with E-state index >= 15 is 0 Å². The summed E-state index contributed by atoms with van der Waals surface area (Å²) in [7, 11) is -1.51. The molecule has 4 N–H and O–H groups in total. The molecule has 0 spiro atoms. The Morgan fingerprint density at radius 3 is 2.64 bits per heavy atom. The minimum Gasteiger partial charge on any atom is -0.494 e. The molecule has 0 aliphatic heterocycles. The Bertz CT molecular complexity index is 304. The summed E-state index contributed by atoms with van der Waals surface area (Å²) in [4.78, 5) is 0. The van der Waals surface area contributed by atoms with Gasteiger partial charge < -0.3 is 20.5 Å². The summed E-state index contributed by atoms with van der Waals surface area (Å²) < 4.78 is 5.32. The summed E-state index contributed by atoms with van der Waals surface area (Å²) in [6.07, 6.45) is 0.895. The van der Waals surface area contributed by atoms with E-state index in [1.807, 2.05) is 6.92 Å². The highest BCUT2D eigenvalue weighted by molar-refractivity contribution is 6.58. The molecule has 0 unspecified atom stereocenters. The van der Waals surface area contributed by atoms with Crippen molar-refractivity contribution in [3.05, 3.63) is 18.2 Å². The first-order valence-electron chi connectivity index (χ1n) is 4.53. The number of hydrogen-bond donors (Lipinski definition) is 3. The highest BCUT2D eigenvalue weighted by Crippen LogP contribution is 2.13. The van der Waals surface area contributed by atoms with Crippen molar-refractivity contribution in [2.75, 3.05) is 12.3 Å². The first-order valence-corrected chi connectivity index (χ1v) is 4.53. The summed E-state index contributed by atoms with van der Waals surface area (Å²) in [6.45, 7) is 2.58. The average molecular weight is 195 g/mol. The summed E-state index contributed by atoms with van der Waals surface area (Å²) in [5, 5.41) is 17.9. The molecule has 4 nitrogen and oxygen atoms in total. The van der Waals surface area contributed by atoms with Crippen molar-refractivity contribution in [2.45, 2.75) is 13.3 Å². The Morgan fingerprint density at radius 1 is 1.36 bits per heavy atom. The summed E-state index contributed by atoms with van der Waals surface area (Å²) in [6, 6.07) is 4.72. The Labute approximate surface area is 83.5 Å². The van der Waals surface area contributed by atoms with Crippen LogP contribution in [0, 0.1) is 0 Å². The van der Waals surface area contributed by atoms with Gasteiger partial charge in [0.05, 0.1) is 6.61 Å². The van der Waals surface area contributed by atoms with Crippen LogP contribution in [0.1, 0.15) is 13.3 Å². The molecule has 0 saturated carbocycles. The molecule has 0 aliphatic carbocycles. The summed E-state index contributed by atoms with van der Waals surface area (Å²) >= 11 is 0. The van der Waals surface area contributed by atoms with Crippen molar-refractivity contribution in [3.8, 4) is 5.75 Å². The fraction of sp³-hybridized carbons (Fsp3) is 0.333. The number of rotatable bonds is 4. The van der Waals surface area contributed by atoms with Crippen LogP contribution in [0.2, 0.25) is 0 Å². The molecule has 0 aromatic heterocycles.